The standard InChI is InChI=1S/C43H29N/c1-43(2)37-15-5-3-13-32(37)35-24-36-33-14-4-6-16-39(33)44(40(36)25-38(35)43)30-12-8-11-29(23-30)31-21-19-28-18-17-26-9-7-10-27-20-22-34(31)42(28)41(26)27/h3-25H,1-2H3. The SMILES string of the molecule is CC1(C)c2ccccc2-c2cc3c4ccccc4n(-c4cccc(-c5ccc6ccc7cccc8ccc5c6c78)c4)c3cc21. The van der Waals surface area contributed by atoms with Gasteiger partial charge in [0.05, 0.1) is 11.0 Å². The Bertz CT molecular complexity index is 2610. The van der Waals surface area contributed by atoms with Crippen LogP contribution in [0.5, 0.6) is 0 Å². The molecular formula is C43H29N. The lowest BCUT2D eigenvalue weighted by Crippen LogP contribution is -2.14. The topological polar surface area (TPSA) is 4.93 Å². The summed E-state index contributed by atoms with van der Waals surface area (Å²) in [6, 6.07) is 52.2. The third-order valence-electron chi connectivity index (χ3n) is 10.3. The van der Waals surface area contributed by atoms with Gasteiger partial charge in [-0.05, 0) is 96.0 Å². The number of para-hydroxylation sites is 1. The van der Waals surface area contributed by atoms with Crippen molar-refractivity contribution in [2.45, 2.75) is 19.3 Å². The maximum atomic E-state index is 2.48. The number of benzene rings is 8. The molecule has 0 atom stereocenters. The molecule has 0 unspecified atom stereocenters. The van der Waals surface area contributed by atoms with E-state index in [2.05, 4.69) is 158 Å². The van der Waals surface area contributed by atoms with E-state index in [1.807, 2.05) is 0 Å². The van der Waals surface area contributed by atoms with Crippen molar-refractivity contribution in [2.75, 3.05) is 0 Å². The second kappa shape index (κ2) is 8.36. The quantitative estimate of drug-likeness (QED) is 0.186. The number of aromatic nitrogens is 1. The van der Waals surface area contributed by atoms with Crippen molar-refractivity contribution >= 4 is 54.1 Å². The lowest BCUT2D eigenvalue weighted by atomic mass is 9.82. The lowest BCUT2D eigenvalue weighted by Gasteiger charge is -2.21. The molecule has 0 saturated heterocycles. The normalized spacial score (nSPS) is 13.9. The van der Waals surface area contributed by atoms with Gasteiger partial charge in [-0.2, -0.15) is 0 Å². The van der Waals surface area contributed by atoms with Gasteiger partial charge in [0.1, 0.15) is 0 Å². The van der Waals surface area contributed by atoms with E-state index in [-0.39, 0.29) is 5.41 Å². The summed E-state index contributed by atoms with van der Waals surface area (Å²) in [6.07, 6.45) is 0. The fourth-order valence-corrected chi connectivity index (χ4v) is 8.24. The number of hydrogen-bond acceptors (Lipinski definition) is 0. The van der Waals surface area contributed by atoms with Crippen LogP contribution < -0.4 is 0 Å². The van der Waals surface area contributed by atoms with Gasteiger partial charge >= 0.3 is 0 Å². The summed E-state index contributed by atoms with van der Waals surface area (Å²) in [5.41, 5.74) is 11.7. The molecule has 0 spiro atoms. The Morgan fingerprint density at radius 2 is 1.16 bits per heavy atom. The van der Waals surface area contributed by atoms with Gasteiger partial charge in [0.15, 0.2) is 0 Å². The highest BCUT2D eigenvalue weighted by atomic mass is 15.0. The molecule has 0 saturated carbocycles. The molecule has 206 valence electrons. The monoisotopic (exact) mass is 559 g/mol. The zero-order valence-corrected chi connectivity index (χ0v) is 24.7. The maximum Gasteiger partial charge on any atom is 0.0544 e. The van der Waals surface area contributed by atoms with Gasteiger partial charge in [0.2, 0.25) is 0 Å². The zero-order valence-electron chi connectivity index (χ0n) is 24.7. The third kappa shape index (κ3) is 3.04. The summed E-state index contributed by atoms with van der Waals surface area (Å²) in [5.74, 6) is 0. The first kappa shape index (κ1) is 24.1. The summed E-state index contributed by atoms with van der Waals surface area (Å²) < 4.78 is 2.48. The maximum absolute atomic E-state index is 2.48. The molecule has 0 radical (unpaired) electrons. The van der Waals surface area contributed by atoms with E-state index in [4.69, 9.17) is 0 Å². The molecule has 10 rings (SSSR count). The first-order valence-corrected chi connectivity index (χ1v) is 15.5. The third-order valence-corrected chi connectivity index (χ3v) is 10.3. The summed E-state index contributed by atoms with van der Waals surface area (Å²) in [6.45, 7) is 4.73. The van der Waals surface area contributed by atoms with Crippen molar-refractivity contribution < 1.29 is 0 Å². The van der Waals surface area contributed by atoms with Crippen molar-refractivity contribution in [2.24, 2.45) is 0 Å². The first-order chi connectivity index (χ1) is 21.6. The molecule has 9 aromatic rings. The molecule has 1 aliphatic carbocycles. The molecule has 1 heteroatoms. The van der Waals surface area contributed by atoms with E-state index >= 15 is 0 Å². The Morgan fingerprint density at radius 3 is 2.05 bits per heavy atom. The molecule has 1 aliphatic rings. The van der Waals surface area contributed by atoms with Gasteiger partial charge in [-0.25, -0.2) is 0 Å². The van der Waals surface area contributed by atoms with Crippen molar-refractivity contribution in [1.82, 2.24) is 4.57 Å². The number of fused-ring (bicyclic) bond motifs is 6. The van der Waals surface area contributed by atoms with Gasteiger partial charge in [0.25, 0.3) is 0 Å². The molecule has 0 fully saturated rings. The van der Waals surface area contributed by atoms with Gasteiger partial charge in [-0.3, -0.25) is 0 Å². The van der Waals surface area contributed by atoms with E-state index in [0.717, 1.165) is 0 Å². The van der Waals surface area contributed by atoms with Crippen LogP contribution in [0.25, 0.3) is 82.1 Å². The van der Waals surface area contributed by atoms with Crippen LogP contribution in [-0.2, 0) is 5.41 Å². The minimum absolute atomic E-state index is 0.0506. The minimum Gasteiger partial charge on any atom is -0.309 e. The van der Waals surface area contributed by atoms with Crippen LogP contribution in [-0.4, -0.2) is 4.57 Å². The predicted molar refractivity (Wildman–Crippen MR) is 187 cm³/mol. The number of nitrogens with zero attached hydrogens (tertiary/aromatic N) is 1. The molecule has 1 nitrogen and oxygen atoms in total. The Hall–Kier alpha value is -5.40. The van der Waals surface area contributed by atoms with E-state index in [1.54, 1.807) is 0 Å². The predicted octanol–water partition coefficient (Wildman–Crippen LogP) is 11.7. The van der Waals surface area contributed by atoms with Crippen molar-refractivity contribution in [3.8, 4) is 27.9 Å². The van der Waals surface area contributed by atoms with Crippen LogP contribution in [0, 0.1) is 0 Å². The Kier molecular flexibility index (Phi) is 4.58. The largest absolute Gasteiger partial charge is 0.309 e. The fraction of sp³-hybridized carbons (Fsp3) is 0.0698. The van der Waals surface area contributed by atoms with Crippen molar-refractivity contribution in [3.63, 3.8) is 0 Å². The van der Waals surface area contributed by atoms with Crippen LogP contribution in [0.1, 0.15) is 25.0 Å². The molecule has 1 aromatic heterocycles. The molecule has 1 heterocycles. The second-order valence-corrected chi connectivity index (χ2v) is 13.0. The Morgan fingerprint density at radius 1 is 0.432 bits per heavy atom. The summed E-state index contributed by atoms with van der Waals surface area (Å²) in [7, 11) is 0. The molecule has 8 aromatic carbocycles. The Labute approximate surface area is 255 Å². The number of rotatable bonds is 2. The van der Waals surface area contributed by atoms with Crippen molar-refractivity contribution in [3.05, 3.63) is 151 Å². The average molecular weight is 560 g/mol. The average Bonchev–Trinajstić information content (AvgIpc) is 3.51. The van der Waals surface area contributed by atoms with Crippen LogP contribution in [0.15, 0.2) is 140 Å². The second-order valence-electron chi connectivity index (χ2n) is 13.0. The minimum atomic E-state index is -0.0506. The van der Waals surface area contributed by atoms with Crippen LogP contribution in [0.3, 0.4) is 0 Å². The fourth-order valence-electron chi connectivity index (χ4n) is 8.24. The van der Waals surface area contributed by atoms with Gasteiger partial charge in [-0.15, -0.1) is 0 Å². The van der Waals surface area contributed by atoms with E-state index in [1.165, 1.54) is 93.2 Å². The van der Waals surface area contributed by atoms with Gasteiger partial charge in [0, 0.05) is 21.9 Å². The summed E-state index contributed by atoms with van der Waals surface area (Å²) >= 11 is 0. The molecule has 0 bridgehead atoms. The molecule has 0 N–H and O–H groups in total. The molecule has 0 amide bonds. The van der Waals surface area contributed by atoms with Crippen molar-refractivity contribution in [1.29, 1.82) is 0 Å². The highest BCUT2D eigenvalue weighted by Gasteiger charge is 2.36. The van der Waals surface area contributed by atoms with Gasteiger partial charge < -0.3 is 4.57 Å². The summed E-state index contributed by atoms with van der Waals surface area (Å²) in [4.78, 5) is 0. The molecule has 44 heavy (non-hydrogen) atoms. The van der Waals surface area contributed by atoms with E-state index in [9.17, 15) is 0 Å². The van der Waals surface area contributed by atoms with Gasteiger partial charge in [-0.1, -0.05) is 123 Å². The van der Waals surface area contributed by atoms with E-state index < -0.39 is 0 Å². The lowest BCUT2D eigenvalue weighted by molar-refractivity contribution is 0.661. The number of hydrogen-bond donors (Lipinski definition) is 0. The van der Waals surface area contributed by atoms with Crippen LogP contribution in [0.4, 0.5) is 0 Å². The Balaban J connectivity index is 1.24. The first-order valence-electron chi connectivity index (χ1n) is 15.5. The molecular weight excluding hydrogens is 530 g/mol. The van der Waals surface area contributed by atoms with Crippen LogP contribution >= 0.6 is 0 Å². The molecule has 0 aliphatic heterocycles. The van der Waals surface area contributed by atoms with E-state index in [0.29, 0.717) is 0 Å². The highest BCUT2D eigenvalue weighted by molar-refractivity contribution is 6.25. The highest BCUT2D eigenvalue weighted by Crippen LogP contribution is 2.51. The van der Waals surface area contributed by atoms with Crippen LogP contribution in [0.2, 0.25) is 0 Å². The smallest absolute Gasteiger partial charge is 0.0544 e. The summed E-state index contributed by atoms with van der Waals surface area (Å²) in [5, 5.41) is 10.5. The zero-order chi connectivity index (χ0) is 29.2.